The molecule has 2 aromatic rings. The lowest BCUT2D eigenvalue weighted by Crippen LogP contribution is -2.45. The van der Waals surface area contributed by atoms with Crippen molar-refractivity contribution in [1.82, 2.24) is 4.90 Å². The average molecular weight is 470 g/mol. The summed E-state index contributed by atoms with van der Waals surface area (Å²) in [5, 5.41) is 7.12. The van der Waals surface area contributed by atoms with Crippen molar-refractivity contribution >= 4 is 11.9 Å². The molecule has 0 unspecified atom stereocenters. The van der Waals surface area contributed by atoms with E-state index in [2.05, 4.69) is 0 Å². The van der Waals surface area contributed by atoms with Crippen molar-refractivity contribution in [1.29, 1.82) is 0 Å². The van der Waals surface area contributed by atoms with Crippen LogP contribution in [-0.2, 0) is 9.59 Å². The molecule has 0 bridgehead atoms. The summed E-state index contributed by atoms with van der Waals surface area (Å²) in [4.78, 5) is 22.9. The van der Waals surface area contributed by atoms with E-state index in [-0.39, 0.29) is 18.4 Å². The minimum absolute atomic E-state index is 0.145. The average Bonchev–Trinajstić information content (AvgIpc) is 3.23. The number of ether oxygens (including phenoxy) is 1. The van der Waals surface area contributed by atoms with E-state index in [9.17, 15) is 22.4 Å². The number of rotatable bonds is 5. The van der Waals surface area contributed by atoms with Crippen molar-refractivity contribution in [3.8, 4) is 16.9 Å². The molecule has 6 nitrogen and oxygen atoms in total. The van der Waals surface area contributed by atoms with E-state index in [1.165, 1.54) is 4.90 Å². The highest BCUT2D eigenvalue weighted by Gasteiger charge is 2.38. The summed E-state index contributed by atoms with van der Waals surface area (Å²) < 4.78 is 50.5. The first-order valence-electron chi connectivity index (χ1n) is 10.2. The van der Waals surface area contributed by atoms with Crippen LogP contribution in [0.4, 0.5) is 17.6 Å². The van der Waals surface area contributed by atoms with Gasteiger partial charge in [0.1, 0.15) is 11.9 Å². The van der Waals surface area contributed by atoms with Gasteiger partial charge in [-0.2, -0.15) is 13.2 Å². The molecule has 1 fully saturated rings. The third-order valence-corrected chi connectivity index (χ3v) is 5.36. The van der Waals surface area contributed by atoms with Gasteiger partial charge in [0.25, 0.3) is 0 Å². The highest BCUT2D eigenvalue weighted by Crippen LogP contribution is 2.31. The molecular formula is C23H26F4N2O4. The summed E-state index contributed by atoms with van der Waals surface area (Å²) in [6, 6.07) is 15.2. The Morgan fingerprint density at radius 1 is 1.15 bits per heavy atom. The first-order valence-corrected chi connectivity index (χ1v) is 10.2. The maximum absolute atomic E-state index is 13.3. The third-order valence-electron chi connectivity index (χ3n) is 5.36. The summed E-state index contributed by atoms with van der Waals surface area (Å²) in [6.07, 6.45) is -5.61. The fourth-order valence-electron chi connectivity index (χ4n) is 3.40. The van der Waals surface area contributed by atoms with Gasteiger partial charge in [0.05, 0.1) is 19.7 Å². The molecule has 3 rings (SSSR count). The number of aliphatic carboxylic acids is 1. The molecule has 1 aliphatic heterocycles. The van der Waals surface area contributed by atoms with Crippen LogP contribution < -0.4 is 10.5 Å². The molecule has 0 saturated carbocycles. The summed E-state index contributed by atoms with van der Waals surface area (Å²) in [7, 11) is 1.65. The zero-order valence-corrected chi connectivity index (χ0v) is 18.2. The van der Waals surface area contributed by atoms with Crippen molar-refractivity contribution in [3.63, 3.8) is 0 Å². The molecule has 1 heterocycles. The third kappa shape index (κ3) is 6.92. The van der Waals surface area contributed by atoms with E-state index in [0.717, 1.165) is 22.4 Å². The van der Waals surface area contributed by atoms with Crippen LogP contribution in [0.5, 0.6) is 5.75 Å². The van der Waals surface area contributed by atoms with Gasteiger partial charge in [0.2, 0.25) is 5.91 Å². The van der Waals surface area contributed by atoms with Gasteiger partial charge in [-0.15, -0.1) is 0 Å². The number of carbonyl (C=O) groups is 2. The van der Waals surface area contributed by atoms with Gasteiger partial charge < -0.3 is 20.5 Å². The van der Waals surface area contributed by atoms with Crippen LogP contribution in [-0.4, -0.2) is 60.5 Å². The largest absolute Gasteiger partial charge is 0.496 e. The Balaban J connectivity index is 0.000000479. The van der Waals surface area contributed by atoms with Crippen LogP contribution in [0.1, 0.15) is 24.8 Å². The number of carbonyl (C=O) groups excluding carboxylic acids is 1. The van der Waals surface area contributed by atoms with E-state index in [1.807, 2.05) is 55.5 Å². The predicted octanol–water partition coefficient (Wildman–Crippen LogP) is 4.00. The fraction of sp³-hybridized carbons (Fsp3) is 0.391. The zero-order valence-electron chi connectivity index (χ0n) is 18.2. The van der Waals surface area contributed by atoms with E-state index in [0.29, 0.717) is 13.0 Å². The normalized spacial score (nSPS) is 17.5. The summed E-state index contributed by atoms with van der Waals surface area (Å²) in [5.41, 5.74) is 9.22. The van der Waals surface area contributed by atoms with Gasteiger partial charge >= 0.3 is 12.1 Å². The molecule has 0 aliphatic carbocycles. The lowest BCUT2D eigenvalue weighted by atomic mass is 9.91. The maximum Gasteiger partial charge on any atom is 0.490 e. The number of nitrogens with two attached hydrogens (primary N) is 1. The standard InChI is InChI=1S/C21H25FN2O2.C2HF3O2/c1-14(20(23)21(25)24-12-11-17(22)13-24)15-7-9-16(10-8-15)18-5-3-4-6-19(18)26-2;3-2(4,5)1(6)7/h3-10,14,17,20H,11-13,23H2,1-2H3;(H,6,7)/t14-,17-,20-;/m0./s1. The predicted molar refractivity (Wildman–Crippen MR) is 115 cm³/mol. The van der Waals surface area contributed by atoms with Crippen molar-refractivity contribution in [2.75, 3.05) is 20.2 Å². The lowest BCUT2D eigenvalue weighted by Gasteiger charge is -2.25. The highest BCUT2D eigenvalue weighted by molar-refractivity contribution is 5.83. The Morgan fingerprint density at radius 2 is 1.73 bits per heavy atom. The molecule has 0 radical (unpaired) electrons. The van der Waals surface area contributed by atoms with Crippen molar-refractivity contribution in [2.45, 2.75) is 37.7 Å². The van der Waals surface area contributed by atoms with Gasteiger partial charge in [-0.3, -0.25) is 4.79 Å². The number of halogens is 4. The molecule has 180 valence electrons. The molecule has 2 aromatic carbocycles. The van der Waals surface area contributed by atoms with Crippen LogP contribution in [0.25, 0.3) is 11.1 Å². The maximum atomic E-state index is 13.3. The van der Waals surface area contributed by atoms with Crippen LogP contribution in [0, 0.1) is 0 Å². The van der Waals surface area contributed by atoms with Gasteiger partial charge in [0.15, 0.2) is 0 Å². The number of likely N-dealkylation sites (tertiary alicyclic amines) is 1. The van der Waals surface area contributed by atoms with E-state index >= 15 is 0 Å². The second-order valence-electron chi connectivity index (χ2n) is 7.61. The number of alkyl halides is 4. The van der Waals surface area contributed by atoms with E-state index < -0.39 is 24.4 Å². The smallest absolute Gasteiger partial charge is 0.490 e. The zero-order chi connectivity index (χ0) is 24.8. The first-order chi connectivity index (χ1) is 15.5. The van der Waals surface area contributed by atoms with Crippen LogP contribution in [0.3, 0.4) is 0 Å². The summed E-state index contributed by atoms with van der Waals surface area (Å²) in [6.45, 7) is 2.54. The van der Waals surface area contributed by atoms with Crippen molar-refractivity contribution in [3.05, 3.63) is 54.1 Å². The number of amides is 1. The van der Waals surface area contributed by atoms with Crippen molar-refractivity contribution < 1.29 is 37.0 Å². The Bertz CT molecular complexity index is 950. The summed E-state index contributed by atoms with van der Waals surface area (Å²) >= 11 is 0. The lowest BCUT2D eigenvalue weighted by molar-refractivity contribution is -0.192. The molecule has 1 saturated heterocycles. The number of hydrogen-bond donors (Lipinski definition) is 2. The first kappa shape index (κ1) is 26.1. The van der Waals surface area contributed by atoms with E-state index in [1.54, 1.807) is 7.11 Å². The number of carboxylic acid groups (broad SMARTS) is 1. The molecule has 3 N–H and O–H groups in total. The Morgan fingerprint density at radius 3 is 2.21 bits per heavy atom. The van der Waals surface area contributed by atoms with Crippen molar-refractivity contribution in [2.24, 2.45) is 5.73 Å². The van der Waals surface area contributed by atoms with Gasteiger partial charge in [0, 0.05) is 18.0 Å². The quantitative estimate of drug-likeness (QED) is 0.645. The number of carboxylic acids is 1. The molecule has 1 amide bonds. The topological polar surface area (TPSA) is 92.9 Å². The fourth-order valence-corrected chi connectivity index (χ4v) is 3.40. The minimum Gasteiger partial charge on any atom is -0.496 e. The molecule has 1 aliphatic rings. The van der Waals surface area contributed by atoms with Crippen LogP contribution in [0.2, 0.25) is 0 Å². The number of hydrogen-bond acceptors (Lipinski definition) is 4. The van der Waals surface area contributed by atoms with Gasteiger partial charge in [-0.1, -0.05) is 49.4 Å². The van der Waals surface area contributed by atoms with Crippen LogP contribution in [0.15, 0.2) is 48.5 Å². The minimum atomic E-state index is -5.08. The molecule has 0 spiro atoms. The van der Waals surface area contributed by atoms with E-state index in [4.69, 9.17) is 20.4 Å². The highest BCUT2D eigenvalue weighted by atomic mass is 19.4. The number of nitrogens with zero attached hydrogens (tertiary/aromatic N) is 1. The SMILES string of the molecule is COc1ccccc1-c1ccc([C@H](C)[C@H](N)C(=O)N2CC[C@H](F)C2)cc1.O=C(O)C(F)(F)F. The number of methoxy groups -OCH3 is 1. The second-order valence-corrected chi connectivity index (χ2v) is 7.61. The number of benzene rings is 2. The monoisotopic (exact) mass is 470 g/mol. The molecule has 0 aromatic heterocycles. The Kier molecular flexibility index (Phi) is 8.81. The second kappa shape index (κ2) is 11.1. The molecular weight excluding hydrogens is 444 g/mol. The molecule has 3 atom stereocenters. The van der Waals surface area contributed by atoms with Gasteiger partial charge in [-0.25, -0.2) is 9.18 Å². The molecule has 33 heavy (non-hydrogen) atoms. The number of para-hydroxylation sites is 1. The Hall–Kier alpha value is -3.14. The van der Waals surface area contributed by atoms with Gasteiger partial charge in [-0.05, 0) is 23.6 Å². The molecule has 10 heteroatoms. The van der Waals surface area contributed by atoms with Crippen LogP contribution >= 0.6 is 0 Å². The summed E-state index contributed by atoms with van der Waals surface area (Å²) in [5.74, 6) is -2.26. The Labute approximate surface area is 188 Å².